The van der Waals surface area contributed by atoms with Crippen molar-refractivity contribution in [2.24, 2.45) is 0 Å². The standard InChI is InChI=1S/C11H17N3O2S/c1-12-10-6-3-5-9(14-10)11(15)13-7-4-8-17(2)16/h3,5-6H,4,7-8H2,1-2H3,(H,12,14)(H,13,15). The summed E-state index contributed by atoms with van der Waals surface area (Å²) in [5, 5.41) is 5.62. The Labute approximate surface area is 103 Å². The molecule has 2 N–H and O–H groups in total. The Morgan fingerprint density at radius 1 is 1.47 bits per heavy atom. The summed E-state index contributed by atoms with van der Waals surface area (Å²) in [6.07, 6.45) is 2.36. The topological polar surface area (TPSA) is 71.1 Å². The molecular formula is C11H17N3O2S. The first-order valence-electron chi connectivity index (χ1n) is 5.36. The van der Waals surface area contributed by atoms with Gasteiger partial charge < -0.3 is 10.6 Å². The molecule has 0 spiro atoms. The third-order valence-electron chi connectivity index (χ3n) is 2.13. The van der Waals surface area contributed by atoms with Crippen molar-refractivity contribution >= 4 is 22.5 Å². The second-order valence-corrected chi connectivity index (χ2v) is 5.10. The van der Waals surface area contributed by atoms with Crippen molar-refractivity contribution in [2.75, 3.05) is 30.9 Å². The zero-order valence-corrected chi connectivity index (χ0v) is 10.8. The molecule has 1 heterocycles. The van der Waals surface area contributed by atoms with Gasteiger partial charge in [0.15, 0.2) is 0 Å². The van der Waals surface area contributed by atoms with Crippen LogP contribution < -0.4 is 10.6 Å². The van der Waals surface area contributed by atoms with Crippen molar-refractivity contribution in [3.63, 3.8) is 0 Å². The summed E-state index contributed by atoms with van der Waals surface area (Å²) in [5.41, 5.74) is 0.384. The maximum atomic E-state index is 11.7. The zero-order valence-electron chi connectivity index (χ0n) is 10.0. The highest BCUT2D eigenvalue weighted by atomic mass is 32.2. The summed E-state index contributed by atoms with van der Waals surface area (Å²) >= 11 is 0. The van der Waals surface area contributed by atoms with Crippen molar-refractivity contribution < 1.29 is 9.00 Å². The Morgan fingerprint density at radius 2 is 2.24 bits per heavy atom. The Morgan fingerprint density at radius 3 is 2.88 bits per heavy atom. The molecular weight excluding hydrogens is 238 g/mol. The third-order valence-corrected chi connectivity index (χ3v) is 3.00. The highest BCUT2D eigenvalue weighted by molar-refractivity contribution is 7.84. The van der Waals surface area contributed by atoms with E-state index in [1.807, 2.05) is 0 Å². The van der Waals surface area contributed by atoms with Crippen molar-refractivity contribution in [3.05, 3.63) is 23.9 Å². The molecule has 0 saturated heterocycles. The monoisotopic (exact) mass is 255 g/mol. The number of anilines is 1. The second kappa shape index (κ2) is 7.01. The largest absolute Gasteiger partial charge is 0.373 e. The van der Waals surface area contributed by atoms with Gasteiger partial charge in [-0.25, -0.2) is 4.98 Å². The number of amides is 1. The summed E-state index contributed by atoms with van der Waals surface area (Å²) in [6, 6.07) is 5.22. The highest BCUT2D eigenvalue weighted by Crippen LogP contribution is 2.03. The SMILES string of the molecule is CNc1cccc(C(=O)NCCCS(C)=O)n1. The van der Waals surface area contributed by atoms with E-state index in [9.17, 15) is 9.00 Å². The lowest BCUT2D eigenvalue weighted by atomic mass is 10.3. The fraction of sp³-hybridized carbons (Fsp3) is 0.455. The fourth-order valence-corrected chi connectivity index (χ4v) is 1.82. The van der Waals surface area contributed by atoms with E-state index in [0.29, 0.717) is 30.2 Å². The van der Waals surface area contributed by atoms with E-state index < -0.39 is 10.8 Å². The van der Waals surface area contributed by atoms with Crippen molar-refractivity contribution in [1.29, 1.82) is 0 Å². The van der Waals surface area contributed by atoms with Crippen LogP contribution in [0.15, 0.2) is 18.2 Å². The Kier molecular flexibility index (Phi) is 5.62. The van der Waals surface area contributed by atoms with Crippen molar-refractivity contribution in [2.45, 2.75) is 6.42 Å². The number of hydrogen-bond donors (Lipinski definition) is 2. The van der Waals surface area contributed by atoms with E-state index in [0.717, 1.165) is 0 Å². The van der Waals surface area contributed by atoms with Crippen LogP contribution in [0.3, 0.4) is 0 Å². The molecule has 1 unspecified atom stereocenters. The van der Waals surface area contributed by atoms with Gasteiger partial charge in [0, 0.05) is 36.4 Å². The van der Waals surface area contributed by atoms with Crippen LogP contribution in [0.1, 0.15) is 16.9 Å². The number of nitrogens with one attached hydrogen (secondary N) is 2. The lowest BCUT2D eigenvalue weighted by Gasteiger charge is -2.05. The minimum Gasteiger partial charge on any atom is -0.373 e. The van der Waals surface area contributed by atoms with Gasteiger partial charge in [0.2, 0.25) is 0 Å². The van der Waals surface area contributed by atoms with Gasteiger partial charge in [0.1, 0.15) is 11.5 Å². The molecule has 1 rings (SSSR count). The minimum atomic E-state index is -0.807. The van der Waals surface area contributed by atoms with Gasteiger partial charge in [-0.3, -0.25) is 9.00 Å². The summed E-state index contributed by atoms with van der Waals surface area (Å²) in [5.74, 6) is 1.06. The fourth-order valence-electron chi connectivity index (χ4n) is 1.27. The molecule has 5 nitrogen and oxygen atoms in total. The van der Waals surface area contributed by atoms with Crippen LogP contribution in [0.25, 0.3) is 0 Å². The van der Waals surface area contributed by atoms with Crippen LogP contribution in [-0.4, -0.2) is 40.7 Å². The molecule has 6 heteroatoms. The number of aromatic nitrogens is 1. The van der Waals surface area contributed by atoms with Gasteiger partial charge in [0.25, 0.3) is 5.91 Å². The highest BCUT2D eigenvalue weighted by Gasteiger charge is 2.06. The van der Waals surface area contributed by atoms with E-state index in [1.54, 1.807) is 31.5 Å². The molecule has 0 aliphatic rings. The van der Waals surface area contributed by atoms with Crippen LogP contribution in [0.5, 0.6) is 0 Å². The first-order chi connectivity index (χ1) is 8.13. The number of rotatable bonds is 6. The molecule has 17 heavy (non-hydrogen) atoms. The average molecular weight is 255 g/mol. The van der Waals surface area contributed by atoms with Crippen molar-refractivity contribution in [1.82, 2.24) is 10.3 Å². The molecule has 1 atom stereocenters. The van der Waals surface area contributed by atoms with E-state index >= 15 is 0 Å². The van der Waals surface area contributed by atoms with E-state index in [4.69, 9.17) is 0 Å². The van der Waals surface area contributed by atoms with Crippen molar-refractivity contribution in [3.8, 4) is 0 Å². The quantitative estimate of drug-likeness (QED) is 0.731. The Hall–Kier alpha value is -1.43. The molecule has 1 amide bonds. The first-order valence-corrected chi connectivity index (χ1v) is 7.09. The first kappa shape index (κ1) is 13.6. The van der Waals surface area contributed by atoms with Crippen LogP contribution in [0.4, 0.5) is 5.82 Å². The van der Waals surface area contributed by atoms with Crippen LogP contribution in [0.2, 0.25) is 0 Å². The van der Waals surface area contributed by atoms with Crippen LogP contribution in [0, 0.1) is 0 Å². The summed E-state index contributed by atoms with van der Waals surface area (Å²) in [4.78, 5) is 15.8. The normalized spacial score (nSPS) is 11.9. The van der Waals surface area contributed by atoms with Gasteiger partial charge in [-0.05, 0) is 18.6 Å². The van der Waals surface area contributed by atoms with Crippen LogP contribution >= 0.6 is 0 Å². The number of hydrogen-bond acceptors (Lipinski definition) is 4. The van der Waals surface area contributed by atoms with E-state index in [-0.39, 0.29) is 5.91 Å². The van der Waals surface area contributed by atoms with Crippen LogP contribution in [-0.2, 0) is 10.8 Å². The molecule has 0 saturated carbocycles. The number of nitrogens with zero attached hydrogens (tertiary/aromatic N) is 1. The van der Waals surface area contributed by atoms with E-state index in [2.05, 4.69) is 15.6 Å². The lowest BCUT2D eigenvalue weighted by molar-refractivity contribution is 0.0949. The molecule has 1 aromatic heterocycles. The lowest BCUT2D eigenvalue weighted by Crippen LogP contribution is -2.26. The maximum absolute atomic E-state index is 11.7. The molecule has 0 aliphatic carbocycles. The molecule has 0 bridgehead atoms. The predicted octanol–water partition coefficient (Wildman–Crippen LogP) is 0.622. The number of carbonyl (C=O) groups is 1. The van der Waals surface area contributed by atoms with Gasteiger partial charge in [-0.15, -0.1) is 0 Å². The van der Waals surface area contributed by atoms with E-state index in [1.165, 1.54) is 0 Å². The molecule has 1 aromatic rings. The molecule has 0 radical (unpaired) electrons. The van der Waals surface area contributed by atoms with Gasteiger partial charge >= 0.3 is 0 Å². The smallest absolute Gasteiger partial charge is 0.269 e. The average Bonchev–Trinajstić information content (AvgIpc) is 2.34. The van der Waals surface area contributed by atoms with Gasteiger partial charge in [0.05, 0.1) is 0 Å². The predicted molar refractivity (Wildman–Crippen MR) is 69.7 cm³/mol. The molecule has 0 fully saturated rings. The molecule has 0 aromatic carbocycles. The second-order valence-electron chi connectivity index (χ2n) is 3.54. The molecule has 0 aliphatic heterocycles. The van der Waals surface area contributed by atoms with Gasteiger partial charge in [-0.2, -0.15) is 0 Å². The molecule has 94 valence electrons. The van der Waals surface area contributed by atoms with Gasteiger partial charge in [-0.1, -0.05) is 6.07 Å². The zero-order chi connectivity index (χ0) is 12.7. The minimum absolute atomic E-state index is 0.205. The number of carbonyl (C=O) groups excluding carboxylic acids is 1. The Bertz CT molecular complexity index is 409. The summed E-state index contributed by atoms with van der Waals surface area (Å²) in [7, 11) is 0.944. The maximum Gasteiger partial charge on any atom is 0.269 e. The Balaban J connectivity index is 2.43. The summed E-state index contributed by atoms with van der Waals surface area (Å²) in [6.45, 7) is 0.518. The number of pyridine rings is 1. The summed E-state index contributed by atoms with van der Waals surface area (Å²) < 4.78 is 10.8. The third kappa shape index (κ3) is 4.95.